The minimum absolute atomic E-state index is 0.134. The summed E-state index contributed by atoms with van der Waals surface area (Å²) >= 11 is 0. The fourth-order valence-electron chi connectivity index (χ4n) is 3.53. The summed E-state index contributed by atoms with van der Waals surface area (Å²) in [5, 5.41) is 0.929. The minimum atomic E-state index is -0.552. The summed E-state index contributed by atoms with van der Waals surface area (Å²) in [4.78, 5) is 25.6. The predicted molar refractivity (Wildman–Crippen MR) is 93.3 cm³/mol. The third kappa shape index (κ3) is 2.07. The smallest absolute Gasteiger partial charge is 0.344 e. The highest BCUT2D eigenvalue weighted by Gasteiger charge is 2.27. The van der Waals surface area contributed by atoms with Crippen LogP contribution in [0.25, 0.3) is 22.0 Å². The van der Waals surface area contributed by atoms with E-state index in [2.05, 4.69) is 0 Å². The zero-order valence-corrected chi connectivity index (χ0v) is 13.4. The second kappa shape index (κ2) is 5.64. The van der Waals surface area contributed by atoms with Gasteiger partial charge in [0.05, 0.1) is 12.1 Å². The number of ether oxygens (including phenoxy) is 1. The summed E-state index contributed by atoms with van der Waals surface area (Å²) in [5.74, 6) is -0.552. The standard InChI is InChI=1S/C20H17NO3/c1-2-24-20(23)17-16(13-7-4-3-5-8-13)15-10-6-9-14-11-12-21(18(14)15)19(17)22/h3-10H,2,11-12H2,1H3. The van der Waals surface area contributed by atoms with E-state index in [-0.39, 0.29) is 17.7 Å². The number of hydrogen-bond donors (Lipinski definition) is 0. The fraction of sp³-hybridized carbons (Fsp3) is 0.200. The van der Waals surface area contributed by atoms with Crippen molar-refractivity contribution in [2.45, 2.75) is 19.9 Å². The van der Waals surface area contributed by atoms with Gasteiger partial charge in [0.15, 0.2) is 0 Å². The molecule has 1 aromatic heterocycles. The van der Waals surface area contributed by atoms with Gasteiger partial charge in [-0.3, -0.25) is 4.79 Å². The molecule has 0 saturated heterocycles. The van der Waals surface area contributed by atoms with E-state index in [1.165, 1.54) is 0 Å². The van der Waals surface area contributed by atoms with Gasteiger partial charge in [0.1, 0.15) is 5.56 Å². The maximum Gasteiger partial charge on any atom is 0.344 e. The van der Waals surface area contributed by atoms with Crippen LogP contribution >= 0.6 is 0 Å². The molecule has 0 saturated carbocycles. The molecule has 4 nitrogen and oxygen atoms in total. The monoisotopic (exact) mass is 319 g/mol. The van der Waals surface area contributed by atoms with E-state index in [4.69, 9.17) is 4.74 Å². The Balaban J connectivity index is 2.17. The average Bonchev–Trinajstić information content (AvgIpc) is 3.04. The van der Waals surface area contributed by atoms with Gasteiger partial charge >= 0.3 is 5.97 Å². The number of carbonyl (C=O) groups excluding carboxylic acids is 1. The summed E-state index contributed by atoms with van der Waals surface area (Å²) in [6, 6.07) is 15.6. The van der Waals surface area contributed by atoms with E-state index >= 15 is 0 Å². The molecule has 0 fully saturated rings. The first kappa shape index (κ1) is 14.7. The number of aryl methyl sites for hydroxylation is 2. The Morgan fingerprint density at radius 1 is 1.12 bits per heavy atom. The van der Waals surface area contributed by atoms with Gasteiger partial charge in [0, 0.05) is 17.5 Å². The molecule has 0 bridgehead atoms. The lowest BCUT2D eigenvalue weighted by Crippen LogP contribution is -2.27. The van der Waals surface area contributed by atoms with Gasteiger partial charge in [-0.15, -0.1) is 0 Å². The van der Waals surface area contributed by atoms with E-state index in [9.17, 15) is 9.59 Å². The largest absolute Gasteiger partial charge is 0.462 e. The molecule has 4 rings (SSSR count). The van der Waals surface area contributed by atoms with E-state index < -0.39 is 5.97 Å². The Morgan fingerprint density at radius 2 is 1.92 bits per heavy atom. The molecule has 2 aromatic carbocycles. The predicted octanol–water partition coefficient (Wildman–Crippen LogP) is 3.40. The summed E-state index contributed by atoms with van der Waals surface area (Å²) in [5.41, 5.74) is 3.49. The van der Waals surface area contributed by atoms with Gasteiger partial charge in [-0.25, -0.2) is 4.79 Å². The van der Waals surface area contributed by atoms with E-state index in [0.717, 1.165) is 28.5 Å². The first-order valence-corrected chi connectivity index (χ1v) is 8.13. The Hall–Kier alpha value is -2.88. The van der Waals surface area contributed by atoms with Crippen molar-refractivity contribution in [2.24, 2.45) is 0 Å². The van der Waals surface area contributed by atoms with Crippen LogP contribution < -0.4 is 5.56 Å². The van der Waals surface area contributed by atoms with Crippen LogP contribution in [-0.2, 0) is 17.7 Å². The van der Waals surface area contributed by atoms with E-state index in [1.54, 1.807) is 11.5 Å². The van der Waals surface area contributed by atoms with Gasteiger partial charge in [0.2, 0.25) is 0 Å². The minimum Gasteiger partial charge on any atom is -0.462 e. The number of esters is 1. The Labute approximate surface area is 139 Å². The van der Waals surface area contributed by atoms with Gasteiger partial charge in [0.25, 0.3) is 5.56 Å². The average molecular weight is 319 g/mol. The summed E-state index contributed by atoms with van der Waals surface area (Å²) in [6.45, 7) is 2.59. The zero-order valence-electron chi connectivity index (χ0n) is 13.4. The molecule has 1 aliphatic heterocycles. The van der Waals surface area contributed by atoms with Crippen molar-refractivity contribution in [1.82, 2.24) is 4.57 Å². The van der Waals surface area contributed by atoms with E-state index in [1.807, 2.05) is 48.5 Å². The van der Waals surface area contributed by atoms with Crippen LogP contribution in [0, 0.1) is 0 Å². The molecule has 0 amide bonds. The van der Waals surface area contributed by atoms with Gasteiger partial charge in [-0.1, -0.05) is 48.5 Å². The summed E-state index contributed by atoms with van der Waals surface area (Å²) in [6.07, 6.45) is 0.813. The zero-order chi connectivity index (χ0) is 16.7. The number of benzene rings is 2. The highest BCUT2D eigenvalue weighted by atomic mass is 16.5. The molecular weight excluding hydrogens is 302 g/mol. The quantitative estimate of drug-likeness (QED) is 0.695. The third-order valence-corrected chi connectivity index (χ3v) is 4.51. The lowest BCUT2D eigenvalue weighted by Gasteiger charge is -2.15. The van der Waals surface area contributed by atoms with Crippen LogP contribution in [0.1, 0.15) is 22.8 Å². The number of aromatic nitrogens is 1. The van der Waals surface area contributed by atoms with Crippen molar-refractivity contribution in [3.05, 3.63) is 70.0 Å². The van der Waals surface area contributed by atoms with Crippen molar-refractivity contribution in [3.63, 3.8) is 0 Å². The molecule has 0 spiro atoms. The molecule has 4 heteroatoms. The SMILES string of the molecule is CCOC(=O)c1c(-c2ccccc2)c2cccc3c2n(c1=O)CC3. The summed E-state index contributed by atoms with van der Waals surface area (Å²) in [7, 11) is 0. The van der Waals surface area contributed by atoms with Gasteiger partial charge < -0.3 is 9.30 Å². The Bertz CT molecular complexity index is 1000. The van der Waals surface area contributed by atoms with E-state index in [0.29, 0.717) is 12.1 Å². The van der Waals surface area contributed by atoms with Gasteiger partial charge in [-0.05, 0) is 24.5 Å². The normalized spacial score (nSPS) is 12.5. The van der Waals surface area contributed by atoms with Crippen LogP contribution in [0.5, 0.6) is 0 Å². The molecule has 0 N–H and O–H groups in total. The molecule has 1 aliphatic rings. The number of pyridine rings is 1. The lowest BCUT2D eigenvalue weighted by molar-refractivity contribution is 0.0525. The van der Waals surface area contributed by atoms with Crippen LogP contribution in [0.4, 0.5) is 0 Å². The first-order valence-electron chi connectivity index (χ1n) is 8.13. The van der Waals surface area contributed by atoms with Crippen molar-refractivity contribution in [2.75, 3.05) is 6.61 Å². The van der Waals surface area contributed by atoms with Crippen molar-refractivity contribution in [3.8, 4) is 11.1 Å². The highest BCUT2D eigenvalue weighted by Crippen LogP contribution is 2.34. The summed E-state index contributed by atoms with van der Waals surface area (Å²) < 4.78 is 6.90. The molecule has 0 aliphatic carbocycles. The van der Waals surface area contributed by atoms with Crippen molar-refractivity contribution < 1.29 is 9.53 Å². The van der Waals surface area contributed by atoms with Crippen LogP contribution in [-0.4, -0.2) is 17.1 Å². The highest BCUT2D eigenvalue weighted by molar-refractivity contribution is 6.07. The van der Waals surface area contributed by atoms with Gasteiger partial charge in [-0.2, -0.15) is 0 Å². The topological polar surface area (TPSA) is 48.3 Å². The number of carbonyl (C=O) groups is 1. The number of para-hydroxylation sites is 1. The number of nitrogens with zero attached hydrogens (tertiary/aromatic N) is 1. The number of rotatable bonds is 3. The third-order valence-electron chi connectivity index (χ3n) is 4.51. The second-order valence-electron chi connectivity index (χ2n) is 5.86. The van der Waals surface area contributed by atoms with Crippen molar-refractivity contribution >= 4 is 16.9 Å². The molecule has 2 heterocycles. The maximum absolute atomic E-state index is 13.0. The first-order chi connectivity index (χ1) is 11.7. The fourth-order valence-corrected chi connectivity index (χ4v) is 3.53. The lowest BCUT2D eigenvalue weighted by atomic mass is 9.95. The maximum atomic E-state index is 13.0. The molecule has 0 unspecified atom stereocenters. The molecule has 120 valence electrons. The van der Waals surface area contributed by atoms with Crippen LogP contribution in [0.3, 0.4) is 0 Å². The van der Waals surface area contributed by atoms with Crippen LogP contribution in [0.15, 0.2) is 53.3 Å². The second-order valence-corrected chi connectivity index (χ2v) is 5.86. The molecule has 24 heavy (non-hydrogen) atoms. The van der Waals surface area contributed by atoms with Crippen LogP contribution in [0.2, 0.25) is 0 Å². The molecule has 0 atom stereocenters. The molecule has 3 aromatic rings. The molecular formula is C20H17NO3. The Morgan fingerprint density at radius 3 is 2.67 bits per heavy atom. The van der Waals surface area contributed by atoms with Crippen molar-refractivity contribution in [1.29, 1.82) is 0 Å². The Kier molecular flexibility index (Phi) is 3.45. The number of hydrogen-bond acceptors (Lipinski definition) is 3. The molecule has 0 radical (unpaired) electrons.